The monoisotopic (exact) mass is 278 g/mol. The second-order valence-corrected chi connectivity index (χ2v) is 5.71. The van der Waals surface area contributed by atoms with Crippen LogP contribution in [-0.2, 0) is 16.1 Å². The summed E-state index contributed by atoms with van der Waals surface area (Å²) in [4.78, 5) is 24.4. The second kappa shape index (κ2) is 6.52. The minimum atomic E-state index is -0.459. The van der Waals surface area contributed by atoms with Crippen LogP contribution in [-0.4, -0.2) is 36.0 Å². The second-order valence-electron chi connectivity index (χ2n) is 5.71. The standard InChI is InChI=1S/C15H22N2O3/c1-15(2,3)20-10-13(18)17(4)9-11-5-7-12(8-6-11)14(16)19/h5-8H,9-10H2,1-4H3,(H2,16,19). The van der Waals surface area contributed by atoms with Gasteiger partial charge in [-0.05, 0) is 38.5 Å². The van der Waals surface area contributed by atoms with Crippen molar-refractivity contribution in [2.45, 2.75) is 32.9 Å². The van der Waals surface area contributed by atoms with Crippen molar-refractivity contribution < 1.29 is 14.3 Å². The summed E-state index contributed by atoms with van der Waals surface area (Å²) < 4.78 is 5.45. The average Bonchev–Trinajstić information content (AvgIpc) is 2.35. The highest BCUT2D eigenvalue weighted by Crippen LogP contribution is 2.09. The molecule has 1 aromatic carbocycles. The van der Waals surface area contributed by atoms with Gasteiger partial charge in [0.15, 0.2) is 0 Å². The first-order valence-corrected chi connectivity index (χ1v) is 6.46. The van der Waals surface area contributed by atoms with E-state index in [9.17, 15) is 9.59 Å². The Labute approximate surface area is 119 Å². The zero-order valence-corrected chi connectivity index (χ0v) is 12.5. The van der Waals surface area contributed by atoms with E-state index in [2.05, 4.69) is 0 Å². The zero-order valence-electron chi connectivity index (χ0n) is 12.5. The highest BCUT2D eigenvalue weighted by Gasteiger charge is 2.15. The molecule has 0 fully saturated rings. The number of rotatable bonds is 5. The normalized spacial score (nSPS) is 11.2. The Kier molecular flexibility index (Phi) is 5.27. The van der Waals surface area contributed by atoms with Crippen LogP contribution < -0.4 is 5.73 Å². The molecule has 5 heteroatoms. The first kappa shape index (κ1) is 16.2. The number of hydrogen-bond acceptors (Lipinski definition) is 3. The highest BCUT2D eigenvalue weighted by molar-refractivity contribution is 5.92. The van der Waals surface area contributed by atoms with Crippen molar-refractivity contribution in [2.75, 3.05) is 13.7 Å². The largest absolute Gasteiger partial charge is 0.366 e. The molecule has 0 saturated carbocycles. The van der Waals surface area contributed by atoms with Crippen LogP contribution in [0.1, 0.15) is 36.7 Å². The fourth-order valence-corrected chi connectivity index (χ4v) is 1.52. The minimum absolute atomic E-state index is 0.0549. The summed E-state index contributed by atoms with van der Waals surface area (Å²) in [5.74, 6) is -0.543. The molecule has 0 radical (unpaired) electrons. The number of nitrogens with zero attached hydrogens (tertiary/aromatic N) is 1. The number of carbonyl (C=O) groups is 2. The Morgan fingerprint density at radius 3 is 2.20 bits per heavy atom. The zero-order chi connectivity index (χ0) is 15.3. The van der Waals surface area contributed by atoms with Crippen LogP contribution in [0.2, 0.25) is 0 Å². The van der Waals surface area contributed by atoms with Crippen LogP contribution >= 0.6 is 0 Å². The molecule has 0 aliphatic carbocycles. The topological polar surface area (TPSA) is 72.6 Å². The molecular formula is C15H22N2O3. The van der Waals surface area contributed by atoms with E-state index in [1.165, 1.54) is 0 Å². The third kappa shape index (κ3) is 5.40. The molecule has 5 nitrogen and oxygen atoms in total. The van der Waals surface area contributed by atoms with Gasteiger partial charge in [-0.1, -0.05) is 12.1 Å². The van der Waals surface area contributed by atoms with Crippen molar-refractivity contribution in [3.05, 3.63) is 35.4 Å². The Morgan fingerprint density at radius 2 is 1.75 bits per heavy atom. The van der Waals surface area contributed by atoms with E-state index in [0.717, 1.165) is 5.56 Å². The van der Waals surface area contributed by atoms with Gasteiger partial charge >= 0.3 is 0 Å². The van der Waals surface area contributed by atoms with Gasteiger partial charge in [0, 0.05) is 19.2 Å². The fraction of sp³-hybridized carbons (Fsp3) is 0.467. The third-order valence-corrected chi connectivity index (χ3v) is 2.71. The number of ether oxygens (including phenoxy) is 1. The Bertz CT molecular complexity index is 475. The lowest BCUT2D eigenvalue weighted by Gasteiger charge is -2.22. The van der Waals surface area contributed by atoms with E-state index in [0.29, 0.717) is 12.1 Å². The summed E-state index contributed by atoms with van der Waals surface area (Å²) >= 11 is 0. The first-order valence-electron chi connectivity index (χ1n) is 6.46. The first-order chi connectivity index (χ1) is 9.19. The Morgan fingerprint density at radius 1 is 1.20 bits per heavy atom. The molecule has 1 aromatic rings. The van der Waals surface area contributed by atoms with Crippen LogP contribution in [0.4, 0.5) is 0 Å². The lowest BCUT2D eigenvalue weighted by atomic mass is 10.1. The van der Waals surface area contributed by atoms with E-state index in [1.807, 2.05) is 20.8 Å². The summed E-state index contributed by atoms with van der Waals surface area (Å²) in [7, 11) is 1.72. The van der Waals surface area contributed by atoms with E-state index < -0.39 is 5.91 Å². The van der Waals surface area contributed by atoms with Crippen molar-refractivity contribution in [3.63, 3.8) is 0 Å². The highest BCUT2D eigenvalue weighted by atomic mass is 16.5. The molecule has 0 bridgehead atoms. The number of likely N-dealkylation sites (N-methyl/N-ethyl adjacent to an activating group) is 1. The van der Waals surface area contributed by atoms with Gasteiger partial charge in [0.05, 0.1) is 5.60 Å². The number of amides is 2. The lowest BCUT2D eigenvalue weighted by Crippen LogP contribution is -2.33. The summed E-state index contributed by atoms with van der Waals surface area (Å²) in [6, 6.07) is 6.88. The fourth-order valence-electron chi connectivity index (χ4n) is 1.52. The molecule has 0 spiro atoms. The molecular weight excluding hydrogens is 256 g/mol. The van der Waals surface area contributed by atoms with Gasteiger partial charge in [0.2, 0.25) is 11.8 Å². The predicted molar refractivity (Wildman–Crippen MR) is 77.1 cm³/mol. The van der Waals surface area contributed by atoms with E-state index >= 15 is 0 Å². The molecule has 0 unspecified atom stereocenters. The predicted octanol–water partition coefficient (Wildman–Crippen LogP) is 1.56. The van der Waals surface area contributed by atoms with Crippen molar-refractivity contribution in [2.24, 2.45) is 5.73 Å². The van der Waals surface area contributed by atoms with Gasteiger partial charge in [-0.2, -0.15) is 0 Å². The quantitative estimate of drug-likeness (QED) is 0.888. The smallest absolute Gasteiger partial charge is 0.248 e. The Balaban J connectivity index is 2.55. The molecule has 1 rings (SSSR count). The molecule has 0 aromatic heterocycles. The number of benzene rings is 1. The van der Waals surface area contributed by atoms with Crippen molar-refractivity contribution in [1.82, 2.24) is 4.90 Å². The van der Waals surface area contributed by atoms with Gasteiger partial charge in [-0.3, -0.25) is 9.59 Å². The van der Waals surface area contributed by atoms with Gasteiger partial charge in [0.25, 0.3) is 0 Å². The lowest BCUT2D eigenvalue weighted by molar-refractivity contribution is -0.140. The molecule has 0 aliphatic rings. The van der Waals surface area contributed by atoms with Gasteiger partial charge < -0.3 is 15.4 Å². The molecule has 20 heavy (non-hydrogen) atoms. The van der Waals surface area contributed by atoms with Crippen LogP contribution in [0.3, 0.4) is 0 Å². The summed E-state index contributed by atoms with van der Waals surface area (Å²) in [6.45, 7) is 6.24. The summed E-state index contributed by atoms with van der Waals surface area (Å²) in [6.07, 6.45) is 0. The van der Waals surface area contributed by atoms with E-state index in [-0.39, 0.29) is 18.1 Å². The molecule has 0 saturated heterocycles. The average molecular weight is 278 g/mol. The number of hydrogen-bond donors (Lipinski definition) is 1. The summed E-state index contributed by atoms with van der Waals surface area (Å²) in [5, 5.41) is 0. The van der Waals surface area contributed by atoms with Crippen LogP contribution in [0.25, 0.3) is 0 Å². The van der Waals surface area contributed by atoms with Crippen LogP contribution in [0.5, 0.6) is 0 Å². The van der Waals surface area contributed by atoms with E-state index in [4.69, 9.17) is 10.5 Å². The molecule has 0 aliphatic heterocycles. The Hall–Kier alpha value is -1.88. The number of carbonyl (C=O) groups excluding carboxylic acids is 2. The van der Waals surface area contributed by atoms with Crippen LogP contribution in [0, 0.1) is 0 Å². The number of nitrogens with two attached hydrogens (primary N) is 1. The third-order valence-electron chi connectivity index (χ3n) is 2.71. The number of primary amides is 1. The van der Waals surface area contributed by atoms with Crippen molar-refractivity contribution in [3.8, 4) is 0 Å². The molecule has 110 valence electrons. The molecule has 2 N–H and O–H groups in total. The maximum Gasteiger partial charge on any atom is 0.248 e. The van der Waals surface area contributed by atoms with E-state index in [1.54, 1.807) is 36.2 Å². The summed E-state index contributed by atoms with van der Waals surface area (Å²) in [5.41, 5.74) is 6.23. The minimum Gasteiger partial charge on any atom is -0.366 e. The van der Waals surface area contributed by atoms with Crippen molar-refractivity contribution in [1.29, 1.82) is 0 Å². The maximum atomic E-state index is 11.9. The molecule has 2 amide bonds. The molecule has 0 atom stereocenters. The van der Waals surface area contributed by atoms with Gasteiger partial charge in [-0.25, -0.2) is 0 Å². The SMILES string of the molecule is CN(Cc1ccc(C(N)=O)cc1)C(=O)COC(C)(C)C. The van der Waals surface area contributed by atoms with Crippen LogP contribution in [0.15, 0.2) is 24.3 Å². The van der Waals surface area contributed by atoms with Crippen molar-refractivity contribution >= 4 is 11.8 Å². The maximum absolute atomic E-state index is 11.9. The molecule has 0 heterocycles. The van der Waals surface area contributed by atoms with Gasteiger partial charge in [-0.15, -0.1) is 0 Å². The van der Waals surface area contributed by atoms with Gasteiger partial charge in [0.1, 0.15) is 6.61 Å².